The van der Waals surface area contributed by atoms with E-state index in [0.29, 0.717) is 11.1 Å². The molecule has 108 valence electrons. The first-order chi connectivity index (χ1) is 9.62. The molecule has 1 aromatic heterocycles. The lowest BCUT2D eigenvalue weighted by Gasteiger charge is -2.57. The summed E-state index contributed by atoms with van der Waals surface area (Å²) in [5.41, 5.74) is 0.791. The average molecular weight is 291 g/mol. The largest absolute Gasteiger partial charge is 0.478 e. The maximum Gasteiger partial charge on any atom is 0.336 e. The molecule has 0 atom stereocenters. The fourth-order valence-electron chi connectivity index (χ4n) is 5.19. The van der Waals surface area contributed by atoms with Crippen molar-refractivity contribution in [1.82, 2.24) is 5.32 Å². The molecule has 4 bridgehead atoms. The van der Waals surface area contributed by atoms with Crippen LogP contribution in [0.25, 0.3) is 0 Å². The number of hydrogen-bond acceptors (Lipinski definition) is 3. The number of thiophene rings is 1. The summed E-state index contributed by atoms with van der Waals surface area (Å²) < 4.78 is 0. The zero-order valence-corrected chi connectivity index (χ0v) is 12.4. The number of carbonyl (C=O) groups is 1. The Kier molecular flexibility index (Phi) is 2.93. The van der Waals surface area contributed by atoms with Crippen LogP contribution in [0.3, 0.4) is 0 Å². The van der Waals surface area contributed by atoms with Gasteiger partial charge < -0.3 is 10.4 Å². The van der Waals surface area contributed by atoms with Gasteiger partial charge in [0.1, 0.15) is 0 Å². The second-order valence-electron chi connectivity index (χ2n) is 7.16. The fraction of sp³-hybridized carbons (Fsp3) is 0.688. The van der Waals surface area contributed by atoms with Gasteiger partial charge in [0, 0.05) is 22.3 Å². The Balaban J connectivity index is 1.45. The number of aromatic carboxylic acids is 1. The topological polar surface area (TPSA) is 49.3 Å². The minimum atomic E-state index is -0.817. The molecule has 0 radical (unpaired) electrons. The average Bonchev–Trinajstić information content (AvgIpc) is 2.84. The predicted octanol–water partition coefficient (Wildman–Crippen LogP) is 3.50. The van der Waals surface area contributed by atoms with Gasteiger partial charge in [0.15, 0.2) is 0 Å². The first-order valence-corrected chi connectivity index (χ1v) is 8.56. The van der Waals surface area contributed by atoms with Crippen LogP contribution < -0.4 is 5.32 Å². The molecular formula is C16H21NO2S. The van der Waals surface area contributed by atoms with E-state index >= 15 is 0 Å². The van der Waals surface area contributed by atoms with E-state index in [-0.39, 0.29) is 0 Å². The van der Waals surface area contributed by atoms with Gasteiger partial charge in [-0.15, -0.1) is 11.3 Å². The Bertz CT molecular complexity index is 501. The lowest BCUT2D eigenvalue weighted by Crippen LogP contribution is -2.58. The molecule has 2 N–H and O–H groups in total. The molecule has 0 aliphatic heterocycles. The molecule has 0 unspecified atom stereocenters. The van der Waals surface area contributed by atoms with Gasteiger partial charge in [0.25, 0.3) is 0 Å². The Morgan fingerprint density at radius 2 is 1.85 bits per heavy atom. The highest BCUT2D eigenvalue weighted by atomic mass is 32.1. The van der Waals surface area contributed by atoms with Gasteiger partial charge in [-0.3, -0.25) is 0 Å². The molecule has 0 amide bonds. The van der Waals surface area contributed by atoms with E-state index in [1.54, 1.807) is 16.7 Å². The highest BCUT2D eigenvalue weighted by Crippen LogP contribution is 2.55. The van der Waals surface area contributed by atoms with Crippen molar-refractivity contribution in [2.75, 3.05) is 0 Å². The molecule has 1 aromatic rings. The van der Waals surface area contributed by atoms with Gasteiger partial charge in [-0.25, -0.2) is 4.79 Å². The van der Waals surface area contributed by atoms with E-state index in [0.717, 1.165) is 29.2 Å². The third kappa shape index (κ3) is 2.19. The monoisotopic (exact) mass is 291 g/mol. The van der Waals surface area contributed by atoms with Crippen LogP contribution in [0, 0.1) is 17.8 Å². The van der Waals surface area contributed by atoms with Crippen molar-refractivity contribution in [3.63, 3.8) is 0 Å². The maximum atomic E-state index is 10.9. The highest BCUT2D eigenvalue weighted by molar-refractivity contribution is 7.10. The molecule has 4 heteroatoms. The van der Waals surface area contributed by atoms with Gasteiger partial charge in [0.2, 0.25) is 0 Å². The van der Waals surface area contributed by atoms with Crippen molar-refractivity contribution in [1.29, 1.82) is 0 Å². The van der Waals surface area contributed by atoms with Crippen molar-refractivity contribution in [2.45, 2.75) is 50.6 Å². The summed E-state index contributed by atoms with van der Waals surface area (Å²) >= 11 is 1.56. The van der Waals surface area contributed by atoms with Crippen LogP contribution in [-0.4, -0.2) is 16.6 Å². The van der Waals surface area contributed by atoms with Crippen molar-refractivity contribution in [3.05, 3.63) is 21.9 Å². The van der Waals surface area contributed by atoms with Gasteiger partial charge in [-0.05, 0) is 62.3 Å². The van der Waals surface area contributed by atoms with Gasteiger partial charge in [-0.2, -0.15) is 0 Å². The van der Waals surface area contributed by atoms with Crippen molar-refractivity contribution >= 4 is 17.3 Å². The molecule has 4 saturated carbocycles. The quantitative estimate of drug-likeness (QED) is 0.892. The van der Waals surface area contributed by atoms with Gasteiger partial charge in [0.05, 0.1) is 5.56 Å². The summed E-state index contributed by atoms with van der Waals surface area (Å²) in [5, 5.41) is 14.5. The van der Waals surface area contributed by atoms with Crippen molar-refractivity contribution < 1.29 is 9.90 Å². The summed E-state index contributed by atoms with van der Waals surface area (Å²) in [7, 11) is 0. The number of carboxylic acids is 1. The SMILES string of the molecule is O=C(O)c1csc(CNC23CC4CC(CC(C4)C2)C3)c1. The first kappa shape index (κ1) is 12.8. The van der Waals surface area contributed by atoms with Gasteiger partial charge in [-0.1, -0.05) is 0 Å². The summed E-state index contributed by atoms with van der Waals surface area (Å²) in [6, 6.07) is 1.82. The number of hydrogen-bond donors (Lipinski definition) is 2. The molecule has 0 spiro atoms. The van der Waals surface area contributed by atoms with Crippen molar-refractivity contribution in [2.24, 2.45) is 17.8 Å². The molecule has 4 aliphatic rings. The van der Waals surface area contributed by atoms with Crippen LogP contribution in [0.1, 0.15) is 53.8 Å². The van der Waals surface area contributed by atoms with Crippen molar-refractivity contribution in [3.8, 4) is 0 Å². The second-order valence-corrected chi connectivity index (χ2v) is 8.15. The zero-order chi connectivity index (χ0) is 13.7. The minimum Gasteiger partial charge on any atom is -0.478 e. The third-order valence-corrected chi connectivity index (χ3v) is 6.51. The Morgan fingerprint density at radius 3 is 2.35 bits per heavy atom. The van der Waals surface area contributed by atoms with E-state index in [2.05, 4.69) is 5.32 Å². The molecule has 0 saturated heterocycles. The van der Waals surface area contributed by atoms with E-state index in [1.807, 2.05) is 6.07 Å². The number of carboxylic acid groups (broad SMARTS) is 1. The molecule has 20 heavy (non-hydrogen) atoms. The Labute approximate surface area is 123 Å². The van der Waals surface area contributed by atoms with Crippen LogP contribution in [0.5, 0.6) is 0 Å². The third-order valence-electron chi connectivity index (χ3n) is 5.58. The van der Waals surface area contributed by atoms with E-state index in [9.17, 15) is 4.79 Å². The smallest absolute Gasteiger partial charge is 0.336 e. The number of rotatable bonds is 4. The molecular weight excluding hydrogens is 270 g/mol. The Hall–Kier alpha value is -0.870. The lowest BCUT2D eigenvalue weighted by atomic mass is 9.53. The van der Waals surface area contributed by atoms with Crippen LogP contribution in [0.2, 0.25) is 0 Å². The fourth-order valence-corrected chi connectivity index (χ4v) is 5.98. The summed E-state index contributed by atoms with van der Waals surface area (Å²) in [5.74, 6) is 2.03. The molecule has 4 fully saturated rings. The summed E-state index contributed by atoms with van der Waals surface area (Å²) in [6.07, 6.45) is 8.41. The first-order valence-electron chi connectivity index (χ1n) is 7.68. The normalized spacial score (nSPS) is 38.3. The molecule has 1 heterocycles. The zero-order valence-electron chi connectivity index (χ0n) is 11.6. The highest BCUT2D eigenvalue weighted by Gasteiger charge is 2.50. The molecule has 5 rings (SSSR count). The second kappa shape index (κ2) is 4.57. The molecule has 3 nitrogen and oxygen atoms in total. The van der Waals surface area contributed by atoms with Crippen LogP contribution in [0.4, 0.5) is 0 Å². The Morgan fingerprint density at radius 1 is 1.25 bits per heavy atom. The maximum absolute atomic E-state index is 10.9. The standard InChI is InChI=1S/C16H21NO2S/c18-15(19)13-4-14(20-9-13)8-17-16-5-10-1-11(6-16)3-12(2-10)7-16/h4,9-12,17H,1-3,5-8H2,(H,18,19). The number of nitrogens with one attached hydrogen (secondary N) is 1. The lowest BCUT2D eigenvalue weighted by molar-refractivity contribution is -0.0204. The molecule has 0 aromatic carbocycles. The van der Waals surface area contributed by atoms with Crippen LogP contribution >= 0.6 is 11.3 Å². The van der Waals surface area contributed by atoms with Crippen LogP contribution in [0.15, 0.2) is 11.4 Å². The summed E-state index contributed by atoms with van der Waals surface area (Å²) in [6.45, 7) is 0.837. The summed E-state index contributed by atoms with van der Waals surface area (Å²) in [4.78, 5) is 12.1. The van der Waals surface area contributed by atoms with E-state index < -0.39 is 5.97 Å². The van der Waals surface area contributed by atoms with E-state index in [4.69, 9.17) is 5.11 Å². The predicted molar refractivity (Wildman–Crippen MR) is 79.0 cm³/mol. The minimum absolute atomic E-state index is 0.363. The molecule has 4 aliphatic carbocycles. The van der Waals surface area contributed by atoms with E-state index in [1.165, 1.54) is 38.5 Å². The van der Waals surface area contributed by atoms with Crippen LogP contribution in [-0.2, 0) is 6.54 Å². The van der Waals surface area contributed by atoms with Gasteiger partial charge >= 0.3 is 5.97 Å².